The molecular weight excluding hydrogens is 238 g/mol. The van der Waals surface area contributed by atoms with E-state index in [1.165, 1.54) is 25.7 Å². The van der Waals surface area contributed by atoms with Crippen molar-refractivity contribution in [2.45, 2.75) is 63.7 Å². The van der Waals surface area contributed by atoms with Crippen LogP contribution in [0.5, 0.6) is 0 Å². The van der Waals surface area contributed by atoms with Crippen LogP contribution in [-0.2, 0) is 5.41 Å². The van der Waals surface area contributed by atoms with E-state index < -0.39 is 0 Å². The van der Waals surface area contributed by atoms with Crippen LogP contribution in [0.2, 0.25) is 0 Å². The van der Waals surface area contributed by atoms with Gasteiger partial charge in [0.1, 0.15) is 0 Å². The molecule has 0 aromatic carbocycles. The van der Waals surface area contributed by atoms with Gasteiger partial charge in [-0.2, -0.15) is 4.98 Å². The van der Waals surface area contributed by atoms with E-state index in [0.717, 1.165) is 43.6 Å². The van der Waals surface area contributed by atoms with Gasteiger partial charge in [-0.3, -0.25) is 0 Å². The molecule has 0 spiro atoms. The van der Waals surface area contributed by atoms with Gasteiger partial charge in [-0.1, -0.05) is 25.4 Å². The van der Waals surface area contributed by atoms with Gasteiger partial charge in [0.15, 0.2) is 5.82 Å². The molecule has 4 nitrogen and oxygen atoms in total. The summed E-state index contributed by atoms with van der Waals surface area (Å²) in [5.74, 6) is 3.23. The molecule has 2 atom stereocenters. The first-order valence-corrected chi connectivity index (χ1v) is 7.76. The molecule has 4 heteroatoms. The van der Waals surface area contributed by atoms with Crippen molar-refractivity contribution in [3.05, 3.63) is 11.7 Å². The van der Waals surface area contributed by atoms with Crippen LogP contribution in [0.25, 0.3) is 0 Å². The summed E-state index contributed by atoms with van der Waals surface area (Å²) < 4.78 is 5.60. The lowest BCUT2D eigenvalue weighted by Crippen LogP contribution is -2.37. The van der Waals surface area contributed by atoms with Crippen molar-refractivity contribution in [2.75, 3.05) is 13.1 Å². The highest BCUT2D eigenvalue weighted by molar-refractivity contribution is 5.08. The Labute approximate surface area is 115 Å². The average molecular weight is 263 g/mol. The normalized spacial score (nSPS) is 30.6. The van der Waals surface area contributed by atoms with E-state index in [0.29, 0.717) is 5.92 Å². The molecule has 1 aromatic heterocycles. The van der Waals surface area contributed by atoms with E-state index in [-0.39, 0.29) is 5.41 Å². The maximum atomic E-state index is 5.60. The Morgan fingerprint density at radius 3 is 2.79 bits per heavy atom. The molecule has 19 heavy (non-hydrogen) atoms. The molecule has 2 fully saturated rings. The molecule has 106 valence electrons. The smallest absolute Gasteiger partial charge is 0.232 e. The number of hydrogen-bond donors (Lipinski definition) is 1. The monoisotopic (exact) mass is 263 g/mol. The van der Waals surface area contributed by atoms with Gasteiger partial charge in [-0.15, -0.1) is 0 Å². The predicted octanol–water partition coefficient (Wildman–Crippen LogP) is 3.00. The van der Waals surface area contributed by atoms with Crippen molar-refractivity contribution < 1.29 is 4.52 Å². The highest BCUT2D eigenvalue weighted by Gasteiger charge is 2.36. The maximum Gasteiger partial charge on any atom is 0.232 e. The molecule has 0 bridgehead atoms. The number of rotatable bonds is 3. The molecule has 1 aromatic rings. The molecule has 2 aliphatic rings. The van der Waals surface area contributed by atoms with Crippen LogP contribution in [-0.4, -0.2) is 23.2 Å². The van der Waals surface area contributed by atoms with Crippen LogP contribution in [0.3, 0.4) is 0 Å². The van der Waals surface area contributed by atoms with E-state index in [1.807, 2.05) is 0 Å². The minimum absolute atomic E-state index is 0.0826. The zero-order valence-electron chi connectivity index (χ0n) is 12.1. The van der Waals surface area contributed by atoms with Crippen molar-refractivity contribution in [3.8, 4) is 0 Å². The second-order valence-corrected chi connectivity index (χ2v) is 6.55. The molecular formula is C15H25N3O. The number of nitrogens with zero attached hydrogens (tertiary/aromatic N) is 2. The highest BCUT2D eigenvalue weighted by Crippen LogP contribution is 2.39. The lowest BCUT2D eigenvalue weighted by molar-refractivity contribution is 0.240. The summed E-state index contributed by atoms with van der Waals surface area (Å²) in [7, 11) is 0. The van der Waals surface area contributed by atoms with Gasteiger partial charge in [-0.05, 0) is 51.1 Å². The molecule has 3 rings (SSSR count). The number of aromatic nitrogens is 2. The SMILES string of the molecule is CCC1CCC(c2noc(C3(C)CCNCC3)n2)C1. The first kappa shape index (κ1) is 13.1. The highest BCUT2D eigenvalue weighted by atomic mass is 16.5. The van der Waals surface area contributed by atoms with Crippen LogP contribution in [0.1, 0.15) is 70.0 Å². The third-order valence-corrected chi connectivity index (χ3v) is 5.15. The molecule has 1 saturated carbocycles. The van der Waals surface area contributed by atoms with E-state index in [9.17, 15) is 0 Å². The second-order valence-electron chi connectivity index (χ2n) is 6.55. The van der Waals surface area contributed by atoms with Crippen LogP contribution < -0.4 is 5.32 Å². The summed E-state index contributed by atoms with van der Waals surface area (Å²) in [6.45, 7) is 6.64. The summed E-state index contributed by atoms with van der Waals surface area (Å²) in [6, 6.07) is 0. The molecule has 2 heterocycles. The first-order chi connectivity index (χ1) is 9.21. The largest absolute Gasteiger partial charge is 0.339 e. The van der Waals surface area contributed by atoms with Gasteiger partial charge < -0.3 is 9.84 Å². The van der Waals surface area contributed by atoms with E-state index in [1.54, 1.807) is 0 Å². The lowest BCUT2D eigenvalue weighted by Gasteiger charge is -2.30. The second kappa shape index (κ2) is 5.23. The summed E-state index contributed by atoms with van der Waals surface area (Å²) in [6.07, 6.45) is 7.27. The van der Waals surface area contributed by atoms with E-state index in [2.05, 4.69) is 24.3 Å². The Morgan fingerprint density at radius 2 is 2.11 bits per heavy atom. The number of hydrogen-bond acceptors (Lipinski definition) is 4. The van der Waals surface area contributed by atoms with Gasteiger partial charge in [-0.25, -0.2) is 0 Å². The minimum atomic E-state index is 0.0826. The van der Waals surface area contributed by atoms with Gasteiger partial charge >= 0.3 is 0 Å². The molecule has 2 unspecified atom stereocenters. The summed E-state index contributed by atoms with van der Waals surface area (Å²) in [4.78, 5) is 4.75. The summed E-state index contributed by atoms with van der Waals surface area (Å²) >= 11 is 0. The molecule has 1 N–H and O–H groups in total. The zero-order chi connectivity index (χ0) is 13.3. The Bertz CT molecular complexity index is 423. The fraction of sp³-hybridized carbons (Fsp3) is 0.867. The van der Waals surface area contributed by atoms with Crippen molar-refractivity contribution in [1.82, 2.24) is 15.5 Å². The van der Waals surface area contributed by atoms with E-state index in [4.69, 9.17) is 9.51 Å². The number of piperidine rings is 1. The maximum absolute atomic E-state index is 5.60. The summed E-state index contributed by atoms with van der Waals surface area (Å²) in [5, 5.41) is 7.68. The fourth-order valence-corrected chi connectivity index (χ4v) is 3.52. The first-order valence-electron chi connectivity index (χ1n) is 7.76. The van der Waals surface area contributed by atoms with Gasteiger partial charge in [0.05, 0.1) is 0 Å². The third-order valence-electron chi connectivity index (χ3n) is 5.15. The Morgan fingerprint density at radius 1 is 1.32 bits per heavy atom. The van der Waals surface area contributed by atoms with Crippen molar-refractivity contribution in [2.24, 2.45) is 5.92 Å². The topological polar surface area (TPSA) is 51.0 Å². The van der Waals surface area contributed by atoms with Crippen molar-refractivity contribution in [3.63, 3.8) is 0 Å². The standard InChI is InChI=1S/C15H25N3O/c1-3-11-4-5-12(10-11)13-17-14(19-18-13)15(2)6-8-16-9-7-15/h11-12,16H,3-10H2,1-2H3. The van der Waals surface area contributed by atoms with Gasteiger partial charge in [0.25, 0.3) is 0 Å². The fourth-order valence-electron chi connectivity index (χ4n) is 3.52. The van der Waals surface area contributed by atoms with Crippen LogP contribution in [0, 0.1) is 5.92 Å². The molecule has 1 aliphatic heterocycles. The quantitative estimate of drug-likeness (QED) is 0.910. The zero-order valence-corrected chi connectivity index (χ0v) is 12.1. The Balaban J connectivity index is 1.72. The van der Waals surface area contributed by atoms with Gasteiger partial charge in [0.2, 0.25) is 5.89 Å². The molecule has 0 radical (unpaired) electrons. The third kappa shape index (κ3) is 2.55. The van der Waals surface area contributed by atoms with Crippen LogP contribution in [0.4, 0.5) is 0 Å². The average Bonchev–Trinajstić information content (AvgIpc) is 3.08. The van der Waals surface area contributed by atoms with Crippen molar-refractivity contribution in [1.29, 1.82) is 0 Å². The lowest BCUT2D eigenvalue weighted by atomic mass is 9.81. The Hall–Kier alpha value is -0.900. The van der Waals surface area contributed by atoms with Crippen LogP contribution in [0.15, 0.2) is 4.52 Å². The predicted molar refractivity (Wildman–Crippen MR) is 74.1 cm³/mol. The van der Waals surface area contributed by atoms with Crippen molar-refractivity contribution >= 4 is 0 Å². The number of nitrogens with one attached hydrogen (secondary N) is 1. The van der Waals surface area contributed by atoms with Gasteiger partial charge in [0, 0.05) is 11.3 Å². The Kier molecular flexibility index (Phi) is 3.61. The molecule has 1 aliphatic carbocycles. The molecule has 1 saturated heterocycles. The summed E-state index contributed by atoms with van der Waals surface area (Å²) in [5.41, 5.74) is 0.0826. The van der Waals surface area contributed by atoms with E-state index >= 15 is 0 Å². The van der Waals surface area contributed by atoms with Crippen LogP contribution >= 0.6 is 0 Å². The minimum Gasteiger partial charge on any atom is -0.339 e. The molecule has 0 amide bonds.